The predicted molar refractivity (Wildman–Crippen MR) is 80.2 cm³/mol. The van der Waals surface area contributed by atoms with Gasteiger partial charge in [-0.05, 0) is 11.6 Å². The minimum atomic E-state index is -0.552. The summed E-state index contributed by atoms with van der Waals surface area (Å²) in [4.78, 5) is 35.6. The van der Waals surface area contributed by atoms with Gasteiger partial charge in [0.1, 0.15) is 5.78 Å². The molecule has 21 heavy (non-hydrogen) atoms. The summed E-state index contributed by atoms with van der Waals surface area (Å²) >= 11 is 4.01. The highest BCUT2D eigenvalue weighted by molar-refractivity contribution is 7.80. The summed E-state index contributed by atoms with van der Waals surface area (Å²) in [6, 6.07) is 4.33. The molecule has 0 radical (unpaired) electrons. The van der Waals surface area contributed by atoms with E-state index in [9.17, 15) is 19.7 Å². The summed E-state index contributed by atoms with van der Waals surface area (Å²) < 4.78 is 0. The molecule has 2 rings (SSSR count). The van der Waals surface area contributed by atoms with E-state index in [1.54, 1.807) is 11.0 Å². The molecule has 1 aromatic carbocycles. The molecule has 0 aromatic heterocycles. The van der Waals surface area contributed by atoms with Crippen LogP contribution in [0.2, 0.25) is 0 Å². The van der Waals surface area contributed by atoms with E-state index in [0.717, 1.165) is 0 Å². The Morgan fingerprint density at radius 1 is 1.33 bits per heavy atom. The molecule has 1 amide bonds. The second-order valence-corrected chi connectivity index (χ2v) is 5.25. The Morgan fingerprint density at radius 2 is 1.95 bits per heavy atom. The second kappa shape index (κ2) is 6.09. The standard InChI is InChI=1S/C14H14N2O4S/c1-9(14(18)15-6-4-11(17)5-7-15)10-2-3-13(21)12(8-10)16(19)20/h2-3,8,21H,1,4-7H2. The van der Waals surface area contributed by atoms with Gasteiger partial charge in [0.15, 0.2) is 0 Å². The molecule has 1 fully saturated rings. The molecule has 0 atom stereocenters. The number of nitro groups is 1. The van der Waals surface area contributed by atoms with Crippen molar-refractivity contribution < 1.29 is 14.5 Å². The summed E-state index contributed by atoms with van der Waals surface area (Å²) in [6.07, 6.45) is 0.684. The van der Waals surface area contributed by atoms with Crippen LogP contribution in [0.5, 0.6) is 0 Å². The molecule has 0 N–H and O–H groups in total. The van der Waals surface area contributed by atoms with Crippen LogP contribution in [-0.4, -0.2) is 34.6 Å². The molecule has 1 aliphatic rings. The third kappa shape index (κ3) is 3.30. The van der Waals surface area contributed by atoms with Gasteiger partial charge in [0.05, 0.1) is 9.82 Å². The van der Waals surface area contributed by atoms with Crippen LogP contribution in [-0.2, 0) is 9.59 Å². The monoisotopic (exact) mass is 306 g/mol. The second-order valence-electron chi connectivity index (χ2n) is 4.77. The van der Waals surface area contributed by atoms with Crippen molar-refractivity contribution in [1.82, 2.24) is 4.90 Å². The lowest BCUT2D eigenvalue weighted by Crippen LogP contribution is -2.38. The molecule has 0 bridgehead atoms. The number of hydrogen-bond donors (Lipinski definition) is 1. The molecule has 110 valence electrons. The number of nitro benzene ring substituents is 1. The van der Waals surface area contributed by atoms with Crippen LogP contribution in [0, 0.1) is 10.1 Å². The first-order chi connectivity index (χ1) is 9.90. The Kier molecular flexibility index (Phi) is 4.42. The van der Waals surface area contributed by atoms with Crippen molar-refractivity contribution in [3.05, 3.63) is 40.5 Å². The van der Waals surface area contributed by atoms with E-state index < -0.39 is 4.92 Å². The number of Topliss-reactive ketones (excluding diaryl/α,β-unsaturated/α-hetero) is 1. The fourth-order valence-corrected chi connectivity index (χ4v) is 2.35. The lowest BCUT2D eigenvalue weighted by atomic mass is 10.0. The zero-order valence-corrected chi connectivity index (χ0v) is 12.1. The van der Waals surface area contributed by atoms with Gasteiger partial charge in [-0.2, -0.15) is 0 Å². The van der Waals surface area contributed by atoms with Crippen molar-refractivity contribution in [3.8, 4) is 0 Å². The zero-order chi connectivity index (χ0) is 15.6. The molecule has 0 spiro atoms. The number of amides is 1. The van der Waals surface area contributed by atoms with E-state index in [1.165, 1.54) is 12.1 Å². The third-order valence-electron chi connectivity index (χ3n) is 3.39. The van der Waals surface area contributed by atoms with E-state index >= 15 is 0 Å². The highest BCUT2D eigenvalue weighted by Crippen LogP contribution is 2.27. The van der Waals surface area contributed by atoms with Crippen LogP contribution in [0.15, 0.2) is 29.7 Å². The smallest absolute Gasteiger partial charge is 0.283 e. The summed E-state index contributed by atoms with van der Waals surface area (Å²) in [5.41, 5.74) is 0.404. The summed E-state index contributed by atoms with van der Waals surface area (Å²) in [6.45, 7) is 4.45. The minimum absolute atomic E-state index is 0.139. The van der Waals surface area contributed by atoms with E-state index in [1.807, 2.05) is 0 Å². The molecule has 6 nitrogen and oxygen atoms in total. The molecule has 0 aliphatic carbocycles. The summed E-state index contributed by atoms with van der Waals surface area (Å²) in [5.74, 6) is -0.163. The minimum Gasteiger partial charge on any atom is -0.338 e. The average molecular weight is 306 g/mol. The SMILES string of the molecule is C=C(C(=O)N1CCC(=O)CC1)c1ccc(S)c([N+](=O)[O-])c1. The Labute approximate surface area is 127 Å². The van der Waals surface area contributed by atoms with Crippen LogP contribution >= 0.6 is 12.6 Å². The van der Waals surface area contributed by atoms with Gasteiger partial charge in [0, 0.05) is 37.6 Å². The van der Waals surface area contributed by atoms with Crippen LogP contribution in [0.4, 0.5) is 5.69 Å². The number of nitrogens with zero attached hydrogens (tertiary/aromatic N) is 2. The van der Waals surface area contributed by atoms with Crippen molar-refractivity contribution in [2.45, 2.75) is 17.7 Å². The normalized spacial score (nSPS) is 14.9. The summed E-state index contributed by atoms with van der Waals surface area (Å²) in [7, 11) is 0. The van der Waals surface area contributed by atoms with Gasteiger partial charge in [0.2, 0.25) is 0 Å². The van der Waals surface area contributed by atoms with Gasteiger partial charge in [-0.15, -0.1) is 12.6 Å². The third-order valence-corrected chi connectivity index (χ3v) is 3.77. The Morgan fingerprint density at radius 3 is 2.52 bits per heavy atom. The van der Waals surface area contributed by atoms with Crippen molar-refractivity contribution in [2.24, 2.45) is 0 Å². The molecule has 7 heteroatoms. The lowest BCUT2D eigenvalue weighted by Gasteiger charge is -2.26. The lowest BCUT2D eigenvalue weighted by molar-refractivity contribution is -0.387. The van der Waals surface area contributed by atoms with Gasteiger partial charge in [-0.25, -0.2) is 0 Å². The molecule has 1 aliphatic heterocycles. The predicted octanol–water partition coefficient (Wildman–Crippen LogP) is 2.09. The largest absolute Gasteiger partial charge is 0.338 e. The van der Waals surface area contributed by atoms with Crippen molar-refractivity contribution in [3.63, 3.8) is 0 Å². The number of thiol groups is 1. The topological polar surface area (TPSA) is 80.5 Å². The number of likely N-dealkylation sites (tertiary alicyclic amines) is 1. The molecular weight excluding hydrogens is 292 g/mol. The molecule has 1 saturated heterocycles. The van der Waals surface area contributed by atoms with Crippen LogP contribution < -0.4 is 0 Å². The van der Waals surface area contributed by atoms with Crippen molar-refractivity contribution >= 4 is 35.6 Å². The number of piperidine rings is 1. The van der Waals surface area contributed by atoms with Gasteiger partial charge < -0.3 is 4.90 Å². The van der Waals surface area contributed by atoms with E-state index in [2.05, 4.69) is 19.2 Å². The molecule has 1 aromatic rings. The molecule has 0 saturated carbocycles. The molecule has 1 heterocycles. The Balaban J connectivity index is 2.20. The van der Waals surface area contributed by atoms with Gasteiger partial charge in [-0.3, -0.25) is 19.7 Å². The maximum Gasteiger partial charge on any atom is 0.283 e. The highest BCUT2D eigenvalue weighted by Gasteiger charge is 2.24. The number of benzene rings is 1. The number of hydrogen-bond acceptors (Lipinski definition) is 5. The van der Waals surface area contributed by atoms with Gasteiger partial charge in [0.25, 0.3) is 11.6 Å². The van der Waals surface area contributed by atoms with Crippen LogP contribution in [0.25, 0.3) is 5.57 Å². The summed E-state index contributed by atoms with van der Waals surface area (Å²) in [5, 5.41) is 10.9. The Bertz CT molecular complexity index is 632. The fraction of sp³-hybridized carbons (Fsp3) is 0.286. The molecular formula is C14H14N2O4S. The number of carbonyl (C=O) groups is 2. The first-order valence-electron chi connectivity index (χ1n) is 6.38. The first kappa shape index (κ1) is 15.2. The maximum absolute atomic E-state index is 12.3. The fourth-order valence-electron chi connectivity index (χ4n) is 2.13. The number of carbonyl (C=O) groups excluding carboxylic acids is 2. The first-order valence-corrected chi connectivity index (χ1v) is 6.82. The highest BCUT2D eigenvalue weighted by atomic mass is 32.1. The maximum atomic E-state index is 12.3. The number of rotatable bonds is 3. The molecule has 0 unspecified atom stereocenters. The van der Waals surface area contributed by atoms with Gasteiger partial charge in [-0.1, -0.05) is 12.6 Å². The van der Waals surface area contributed by atoms with Gasteiger partial charge >= 0.3 is 0 Å². The van der Waals surface area contributed by atoms with Crippen LogP contribution in [0.3, 0.4) is 0 Å². The number of ketones is 1. The van der Waals surface area contributed by atoms with E-state index in [0.29, 0.717) is 31.5 Å². The quantitative estimate of drug-likeness (QED) is 0.401. The zero-order valence-electron chi connectivity index (χ0n) is 11.2. The van der Waals surface area contributed by atoms with Crippen molar-refractivity contribution in [1.29, 1.82) is 0 Å². The van der Waals surface area contributed by atoms with Crippen molar-refractivity contribution in [2.75, 3.05) is 13.1 Å². The van der Waals surface area contributed by atoms with E-state index in [4.69, 9.17) is 0 Å². The van der Waals surface area contributed by atoms with Crippen LogP contribution in [0.1, 0.15) is 18.4 Å². The average Bonchev–Trinajstić information content (AvgIpc) is 2.46. The van der Waals surface area contributed by atoms with E-state index in [-0.39, 0.29) is 27.8 Å². The Hall–Kier alpha value is -2.15.